The molecule has 1 atom stereocenters. The van der Waals surface area contributed by atoms with E-state index in [2.05, 4.69) is 5.32 Å². The van der Waals surface area contributed by atoms with Gasteiger partial charge < -0.3 is 14.8 Å². The summed E-state index contributed by atoms with van der Waals surface area (Å²) in [5.41, 5.74) is 1.71. The van der Waals surface area contributed by atoms with Crippen molar-refractivity contribution in [3.8, 4) is 5.75 Å². The van der Waals surface area contributed by atoms with Crippen LogP contribution in [0.25, 0.3) is 0 Å². The molecule has 0 bridgehead atoms. The zero-order valence-corrected chi connectivity index (χ0v) is 14.7. The van der Waals surface area contributed by atoms with E-state index in [1.54, 1.807) is 12.1 Å². The van der Waals surface area contributed by atoms with Crippen LogP contribution in [-0.4, -0.2) is 25.2 Å². The molecule has 0 radical (unpaired) electrons. The SMILES string of the molecule is O=C(CCCc1ccc(F)cc1)Nc1ccccc1OCC1CCCO1. The van der Waals surface area contributed by atoms with Gasteiger partial charge in [-0.05, 0) is 55.5 Å². The molecular formula is C21H24FNO3. The fourth-order valence-electron chi connectivity index (χ4n) is 2.97. The first-order valence-corrected chi connectivity index (χ1v) is 9.08. The molecule has 26 heavy (non-hydrogen) atoms. The largest absolute Gasteiger partial charge is 0.489 e. The number of nitrogens with one attached hydrogen (secondary N) is 1. The Hall–Kier alpha value is -2.40. The minimum atomic E-state index is -0.244. The molecule has 4 nitrogen and oxygen atoms in total. The highest BCUT2D eigenvalue weighted by Crippen LogP contribution is 2.25. The molecule has 138 valence electrons. The smallest absolute Gasteiger partial charge is 0.224 e. The molecule has 2 aromatic carbocycles. The molecule has 1 aliphatic heterocycles. The number of aryl methyl sites for hydroxylation is 1. The summed E-state index contributed by atoms with van der Waals surface area (Å²) >= 11 is 0. The summed E-state index contributed by atoms with van der Waals surface area (Å²) in [5, 5.41) is 2.92. The first kappa shape index (κ1) is 18.4. The fraction of sp³-hybridized carbons (Fsp3) is 0.381. The first-order valence-electron chi connectivity index (χ1n) is 9.08. The molecule has 3 rings (SSSR count). The topological polar surface area (TPSA) is 47.6 Å². The summed E-state index contributed by atoms with van der Waals surface area (Å²) in [5.74, 6) is 0.362. The fourth-order valence-corrected chi connectivity index (χ4v) is 2.97. The molecule has 1 N–H and O–H groups in total. The van der Waals surface area contributed by atoms with Crippen molar-refractivity contribution in [3.63, 3.8) is 0 Å². The lowest BCUT2D eigenvalue weighted by Crippen LogP contribution is -2.18. The van der Waals surface area contributed by atoms with Gasteiger partial charge in [-0.25, -0.2) is 4.39 Å². The summed E-state index contributed by atoms with van der Waals surface area (Å²) in [6, 6.07) is 13.8. The third kappa shape index (κ3) is 5.56. The van der Waals surface area contributed by atoms with Crippen molar-refractivity contribution in [2.24, 2.45) is 0 Å². The number of para-hydroxylation sites is 2. The lowest BCUT2D eigenvalue weighted by molar-refractivity contribution is -0.116. The van der Waals surface area contributed by atoms with Crippen LogP contribution in [0.3, 0.4) is 0 Å². The molecule has 1 fully saturated rings. The van der Waals surface area contributed by atoms with Gasteiger partial charge in [-0.3, -0.25) is 4.79 Å². The Bertz CT molecular complexity index is 711. The van der Waals surface area contributed by atoms with E-state index in [1.165, 1.54) is 12.1 Å². The van der Waals surface area contributed by atoms with Crippen LogP contribution in [-0.2, 0) is 16.0 Å². The highest BCUT2D eigenvalue weighted by molar-refractivity contribution is 5.92. The Kier molecular flexibility index (Phi) is 6.61. The molecule has 0 spiro atoms. The van der Waals surface area contributed by atoms with E-state index >= 15 is 0 Å². The van der Waals surface area contributed by atoms with Gasteiger partial charge in [0.1, 0.15) is 18.2 Å². The van der Waals surface area contributed by atoms with Crippen LogP contribution in [0.2, 0.25) is 0 Å². The third-order valence-corrected chi connectivity index (χ3v) is 4.39. The number of hydrogen-bond acceptors (Lipinski definition) is 3. The Morgan fingerprint density at radius 1 is 1.19 bits per heavy atom. The van der Waals surface area contributed by atoms with Crippen LogP contribution >= 0.6 is 0 Å². The highest BCUT2D eigenvalue weighted by atomic mass is 19.1. The van der Waals surface area contributed by atoms with Gasteiger partial charge >= 0.3 is 0 Å². The van der Waals surface area contributed by atoms with Crippen LogP contribution in [0.15, 0.2) is 48.5 Å². The second-order valence-corrected chi connectivity index (χ2v) is 6.47. The van der Waals surface area contributed by atoms with Crippen LogP contribution in [0.4, 0.5) is 10.1 Å². The van der Waals surface area contributed by atoms with Gasteiger partial charge in [-0.2, -0.15) is 0 Å². The zero-order chi connectivity index (χ0) is 18.2. The van der Waals surface area contributed by atoms with Crippen LogP contribution < -0.4 is 10.1 Å². The third-order valence-electron chi connectivity index (χ3n) is 4.39. The minimum absolute atomic E-state index is 0.0553. The van der Waals surface area contributed by atoms with Gasteiger partial charge in [0.05, 0.1) is 11.8 Å². The van der Waals surface area contributed by atoms with Crippen molar-refractivity contribution < 1.29 is 18.7 Å². The van der Waals surface area contributed by atoms with E-state index in [4.69, 9.17) is 9.47 Å². The number of halogens is 1. The predicted octanol–water partition coefficient (Wildman–Crippen LogP) is 4.34. The second-order valence-electron chi connectivity index (χ2n) is 6.47. The number of anilines is 1. The summed E-state index contributed by atoms with van der Waals surface area (Å²) in [6.07, 6.45) is 4.06. The Morgan fingerprint density at radius 3 is 2.77 bits per heavy atom. The number of carbonyl (C=O) groups is 1. The second kappa shape index (κ2) is 9.34. The molecule has 2 aromatic rings. The lowest BCUT2D eigenvalue weighted by atomic mass is 10.1. The predicted molar refractivity (Wildman–Crippen MR) is 98.9 cm³/mol. The molecule has 1 saturated heterocycles. The van der Waals surface area contributed by atoms with Crippen molar-refractivity contribution in [1.29, 1.82) is 0 Å². The number of rotatable bonds is 8. The molecule has 1 amide bonds. The number of carbonyl (C=O) groups excluding carboxylic acids is 1. The molecule has 0 aliphatic carbocycles. The van der Waals surface area contributed by atoms with Gasteiger partial charge in [0, 0.05) is 13.0 Å². The van der Waals surface area contributed by atoms with Crippen molar-refractivity contribution >= 4 is 11.6 Å². The molecule has 1 heterocycles. The maximum Gasteiger partial charge on any atom is 0.224 e. The number of ether oxygens (including phenoxy) is 2. The number of benzene rings is 2. The number of hydrogen-bond donors (Lipinski definition) is 1. The van der Waals surface area contributed by atoms with E-state index < -0.39 is 0 Å². The summed E-state index contributed by atoms with van der Waals surface area (Å²) in [4.78, 5) is 12.2. The summed E-state index contributed by atoms with van der Waals surface area (Å²) < 4.78 is 24.3. The maximum absolute atomic E-state index is 12.9. The quantitative estimate of drug-likeness (QED) is 0.764. The van der Waals surface area contributed by atoms with Crippen molar-refractivity contribution in [2.45, 2.75) is 38.2 Å². The Morgan fingerprint density at radius 2 is 2.00 bits per heavy atom. The van der Waals surface area contributed by atoms with E-state index in [-0.39, 0.29) is 17.8 Å². The summed E-state index contributed by atoms with van der Waals surface area (Å²) in [6.45, 7) is 1.29. The molecule has 5 heteroatoms. The monoisotopic (exact) mass is 357 g/mol. The molecule has 1 aliphatic rings. The van der Waals surface area contributed by atoms with Gasteiger partial charge in [0.15, 0.2) is 0 Å². The van der Waals surface area contributed by atoms with Crippen LogP contribution in [0, 0.1) is 5.82 Å². The van der Waals surface area contributed by atoms with Gasteiger partial charge in [-0.1, -0.05) is 24.3 Å². The molecule has 1 unspecified atom stereocenters. The molecular weight excluding hydrogens is 333 g/mol. The van der Waals surface area contributed by atoms with E-state index in [9.17, 15) is 9.18 Å². The van der Waals surface area contributed by atoms with Crippen molar-refractivity contribution in [1.82, 2.24) is 0 Å². The zero-order valence-electron chi connectivity index (χ0n) is 14.7. The standard InChI is InChI=1S/C21H24FNO3/c22-17-12-10-16(11-13-17)5-3-9-21(24)23-19-7-1-2-8-20(19)26-15-18-6-4-14-25-18/h1-2,7-8,10-13,18H,3-6,9,14-15H2,(H,23,24). The van der Waals surface area contributed by atoms with Crippen LogP contribution in [0.5, 0.6) is 5.75 Å². The molecule has 0 saturated carbocycles. The van der Waals surface area contributed by atoms with Crippen molar-refractivity contribution in [2.75, 3.05) is 18.5 Å². The average Bonchev–Trinajstić information content (AvgIpc) is 3.16. The van der Waals surface area contributed by atoms with Gasteiger partial charge in [0.25, 0.3) is 0 Å². The van der Waals surface area contributed by atoms with Crippen LogP contribution in [0.1, 0.15) is 31.2 Å². The van der Waals surface area contributed by atoms with Gasteiger partial charge in [-0.15, -0.1) is 0 Å². The highest BCUT2D eigenvalue weighted by Gasteiger charge is 2.17. The first-order chi connectivity index (χ1) is 12.7. The molecule has 0 aromatic heterocycles. The van der Waals surface area contributed by atoms with E-state index in [0.29, 0.717) is 30.9 Å². The summed E-state index contributed by atoms with van der Waals surface area (Å²) in [7, 11) is 0. The van der Waals surface area contributed by atoms with E-state index in [1.807, 2.05) is 24.3 Å². The van der Waals surface area contributed by atoms with E-state index in [0.717, 1.165) is 31.4 Å². The Balaban J connectivity index is 1.46. The minimum Gasteiger partial charge on any atom is -0.489 e. The normalized spacial score (nSPS) is 16.4. The van der Waals surface area contributed by atoms with Gasteiger partial charge in [0.2, 0.25) is 5.91 Å². The number of amides is 1. The average molecular weight is 357 g/mol. The lowest BCUT2D eigenvalue weighted by Gasteiger charge is -2.15. The Labute approximate surface area is 153 Å². The maximum atomic E-state index is 12.9. The van der Waals surface area contributed by atoms with Crippen molar-refractivity contribution in [3.05, 3.63) is 59.9 Å².